The van der Waals surface area contributed by atoms with Crippen LogP contribution in [0.15, 0.2) is 35.7 Å². The molecule has 1 saturated heterocycles. The Morgan fingerprint density at radius 3 is 2.64 bits per heavy atom. The Kier molecular flexibility index (Phi) is 10.3. The molecule has 0 spiro atoms. The van der Waals surface area contributed by atoms with Crippen LogP contribution < -0.4 is 19.5 Å². The average Bonchev–Trinajstić information content (AvgIpc) is 4.00. The van der Waals surface area contributed by atoms with Crippen molar-refractivity contribution in [3.8, 4) is 22.2 Å². The van der Waals surface area contributed by atoms with Gasteiger partial charge in [0.15, 0.2) is 0 Å². The molecular weight excluding hydrogens is 719 g/mol. The molecule has 2 aromatic heterocycles. The van der Waals surface area contributed by atoms with Crippen molar-refractivity contribution >= 4 is 50.0 Å². The van der Waals surface area contributed by atoms with Crippen LogP contribution in [0.2, 0.25) is 0 Å². The van der Waals surface area contributed by atoms with E-state index in [0.29, 0.717) is 47.4 Å². The number of carbonyl (C=O) groups excluding carboxylic acids is 3. The van der Waals surface area contributed by atoms with Crippen molar-refractivity contribution in [3.05, 3.63) is 47.0 Å². The molecule has 4 heterocycles. The fourth-order valence-electron chi connectivity index (χ4n) is 7.35. The van der Waals surface area contributed by atoms with E-state index in [2.05, 4.69) is 23.9 Å². The molecule has 1 aromatic carbocycles. The minimum absolute atomic E-state index is 0.00953. The molecular formula is C38H47N5O8S2. The number of aromatic nitrogens is 2. The quantitative estimate of drug-likeness (QED) is 0.277. The van der Waals surface area contributed by atoms with Gasteiger partial charge in [0.2, 0.25) is 15.9 Å². The number of hydrogen-bond acceptors (Lipinski definition) is 11. The average molecular weight is 766 g/mol. The Labute approximate surface area is 313 Å². The van der Waals surface area contributed by atoms with Crippen LogP contribution in [0.4, 0.5) is 0 Å². The van der Waals surface area contributed by atoms with E-state index in [1.807, 2.05) is 42.7 Å². The second kappa shape index (κ2) is 14.6. The number of pyridine rings is 1. The summed E-state index contributed by atoms with van der Waals surface area (Å²) >= 11 is 1.49. The van der Waals surface area contributed by atoms with Gasteiger partial charge >= 0.3 is 0 Å². The topological polar surface area (TPSA) is 177 Å². The maximum absolute atomic E-state index is 14.2. The minimum atomic E-state index is -3.87. The minimum Gasteiger partial charge on any atom is -0.496 e. The number of methoxy groups -OCH3 is 1. The van der Waals surface area contributed by atoms with Crippen molar-refractivity contribution in [2.24, 2.45) is 5.92 Å². The Hall–Kier alpha value is -4.08. The summed E-state index contributed by atoms with van der Waals surface area (Å²) in [6.45, 7) is 6.08. The van der Waals surface area contributed by atoms with E-state index < -0.39 is 62.7 Å². The third kappa shape index (κ3) is 7.52. The highest BCUT2D eigenvalue weighted by atomic mass is 32.2. The van der Waals surface area contributed by atoms with Crippen molar-refractivity contribution in [2.75, 3.05) is 13.7 Å². The van der Waals surface area contributed by atoms with Gasteiger partial charge in [-0.15, -0.1) is 11.3 Å². The predicted molar refractivity (Wildman–Crippen MR) is 200 cm³/mol. The fourth-order valence-corrected chi connectivity index (χ4v) is 9.65. The van der Waals surface area contributed by atoms with Gasteiger partial charge in [0.1, 0.15) is 46.0 Å². The first-order valence-corrected chi connectivity index (χ1v) is 20.9. The van der Waals surface area contributed by atoms with Gasteiger partial charge in [-0.1, -0.05) is 38.8 Å². The van der Waals surface area contributed by atoms with Gasteiger partial charge in [-0.2, -0.15) is 0 Å². The van der Waals surface area contributed by atoms with Gasteiger partial charge in [-0.05, 0) is 63.5 Å². The molecule has 0 radical (unpaired) electrons. The third-order valence-corrected chi connectivity index (χ3v) is 13.5. The molecule has 3 N–H and O–H groups in total. The van der Waals surface area contributed by atoms with Crippen LogP contribution in [-0.4, -0.2) is 88.8 Å². The highest BCUT2D eigenvalue weighted by molar-refractivity contribution is 7.91. The maximum Gasteiger partial charge on any atom is 0.259 e. The van der Waals surface area contributed by atoms with Gasteiger partial charge in [0.05, 0.1) is 30.1 Å². The number of aliphatic hydroxyl groups is 1. The van der Waals surface area contributed by atoms with Crippen LogP contribution in [0.5, 0.6) is 11.5 Å². The summed E-state index contributed by atoms with van der Waals surface area (Å²) in [6, 6.07) is 4.45. The molecule has 3 amide bonds. The number of carbonyl (C=O) groups is 3. The number of nitrogens with zero attached hydrogens (tertiary/aromatic N) is 3. The number of hydrogen-bond donors (Lipinski definition) is 3. The predicted octanol–water partition coefficient (Wildman–Crippen LogP) is 4.51. The normalized spacial score (nSPS) is 27.3. The Balaban J connectivity index is 1.21. The number of rotatable bonds is 8. The van der Waals surface area contributed by atoms with Gasteiger partial charge in [-0.25, -0.2) is 18.4 Å². The largest absolute Gasteiger partial charge is 0.496 e. The highest BCUT2D eigenvalue weighted by Crippen LogP contribution is 2.46. The number of ether oxygens (including phenoxy) is 2. The Morgan fingerprint density at radius 1 is 1.13 bits per heavy atom. The standard InChI is InChI=1S/C38H47N5O8S2/c1-21(2)28-20-52-35(40-28)27-17-32(26-14-15-31(50-4)22(3)33(26)39-27)51-24-16-29-34(45)41-38(37(47)42-53(48,49)25-12-13-25)18-23(38)10-8-6-5-7-9-11-30(44)36(46)43(29)19-24/h8,10,14-15,17,20-21,23-25,29-30,44H,5-7,9,11-13,16,18-19H2,1-4H3,(H,41,45)(H,42,47)/b10-8-/t23-,24+,29-,30?,38-/m0/s1. The molecule has 3 fully saturated rings. The smallest absolute Gasteiger partial charge is 0.259 e. The molecule has 2 saturated carbocycles. The molecule has 53 heavy (non-hydrogen) atoms. The van der Waals surface area contributed by atoms with Crippen LogP contribution in [-0.2, 0) is 24.4 Å². The number of allylic oxidation sites excluding steroid dienone is 1. The van der Waals surface area contributed by atoms with Crippen molar-refractivity contribution in [1.82, 2.24) is 24.9 Å². The number of aliphatic hydroxyl groups excluding tert-OH is 1. The molecule has 13 nitrogen and oxygen atoms in total. The lowest BCUT2D eigenvalue weighted by atomic mass is 10.1. The van der Waals surface area contributed by atoms with Crippen molar-refractivity contribution in [3.63, 3.8) is 0 Å². The molecule has 284 valence electrons. The van der Waals surface area contributed by atoms with Crippen LogP contribution in [0, 0.1) is 12.8 Å². The first-order valence-electron chi connectivity index (χ1n) is 18.5. The summed E-state index contributed by atoms with van der Waals surface area (Å²) in [5.41, 5.74) is 1.56. The van der Waals surface area contributed by atoms with Crippen molar-refractivity contribution in [2.45, 2.75) is 114 Å². The third-order valence-electron chi connectivity index (χ3n) is 10.8. The van der Waals surface area contributed by atoms with Crippen molar-refractivity contribution in [1.29, 1.82) is 0 Å². The number of benzene rings is 1. The molecule has 4 aliphatic rings. The molecule has 0 bridgehead atoms. The van der Waals surface area contributed by atoms with Crippen LogP contribution in [0.3, 0.4) is 0 Å². The van der Waals surface area contributed by atoms with Crippen LogP contribution >= 0.6 is 11.3 Å². The monoisotopic (exact) mass is 765 g/mol. The van der Waals surface area contributed by atoms with E-state index in [1.165, 1.54) is 16.2 Å². The van der Waals surface area contributed by atoms with E-state index >= 15 is 0 Å². The molecule has 2 aliphatic heterocycles. The lowest BCUT2D eigenvalue weighted by Crippen LogP contribution is -2.57. The first kappa shape index (κ1) is 37.2. The molecule has 3 aromatic rings. The van der Waals surface area contributed by atoms with Gasteiger partial charge in [-0.3, -0.25) is 19.1 Å². The van der Waals surface area contributed by atoms with Gasteiger partial charge in [0, 0.05) is 34.7 Å². The van der Waals surface area contributed by atoms with E-state index in [1.54, 1.807) is 7.11 Å². The number of aryl methyl sites for hydroxylation is 1. The fraction of sp³-hybridized carbons (Fsp3) is 0.553. The van der Waals surface area contributed by atoms with Gasteiger partial charge < -0.3 is 24.8 Å². The molecule has 2 aliphatic carbocycles. The number of nitrogens with one attached hydrogen (secondary N) is 2. The zero-order chi connectivity index (χ0) is 37.7. The van der Waals surface area contributed by atoms with E-state index in [9.17, 15) is 27.9 Å². The van der Waals surface area contributed by atoms with E-state index in [0.717, 1.165) is 35.5 Å². The first-order chi connectivity index (χ1) is 25.3. The number of thiazole rings is 1. The van der Waals surface area contributed by atoms with E-state index in [4.69, 9.17) is 19.4 Å². The summed E-state index contributed by atoms with van der Waals surface area (Å²) in [5.74, 6) is -0.984. The molecule has 1 unspecified atom stereocenters. The number of fused-ring (bicyclic) bond motifs is 3. The summed E-state index contributed by atoms with van der Waals surface area (Å²) in [7, 11) is -2.27. The van der Waals surface area contributed by atoms with Gasteiger partial charge in [0.25, 0.3) is 11.8 Å². The summed E-state index contributed by atoms with van der Waals surface area (Å²) in [5, 5.41) is 16.7. The summed E-state index contributed by atoms with van der Waals surface area (Å²) in [6.07, 6.45) is 6.32. The van der Waals surface area contributed by atoms with Crippen LogP contribution in [0.25, 0.3) is 21.6 Å². The van der Waals surface area contributed by atoms with E-state index in [-0.39, 0.29) is 31.7 Å². The second-order valence-electron chi connectivity index (χ2n) is 15.0. The zero-order valence-corrected chi connectivity index (χ0v) is 32.1. The number of sulfonamides is 1. The maximum atomic E-state index is 14.2. The molecule has 5 atom stereocenters. The zero-order valence-electron chi connectivity index (χ0n) is 30.5. The Bertz CT molecular complexity index is 2060. The van der Waals surface area contributed by atoms with Crippen LogP contribution in [0.1, 0.15) is 88.8 Å². The lowest BCUT2D eigenvalue weighted by molar-refractivity contribution is -0.146. The SMILES string of the molecule is COc1ccc2c(O[C@@H]3C[C@H]4C(=O)N[C@@]5(C(=O)NS(=O)(=O)C6CC6)C[C@@H]5/C=C\CCCCCC(O)C(=O)N4C3)cc(-c3nc(C(C)C)cs3)nc2c1C. The van der Waals surface area contributed by atoms with Crippen molar-refractivity contribution < 1.29 is 37.4 Å². The summed E-state index contributed by atoms with van der Waals surface area (Å²) < 4.78 is 40.1. The molecule has 7 rings (SSSR count). The lowest BCUT2D eigenvalue weighted by Gasteiger charge is -2.28. The summed E-state index contributed by atoms with van der Waals surface area (Å²) in [4.78, 5) is 52.9. The highest BCUT2D eigenvalue weighted by Gasteiger charge is 2.62. The number of amides is 3. The Morgan fingerprint density at radius 2 is 1.92 bits per heavy atom. The molecule has 15 heteroatoms. The second-order valence-corrected chi connectivity index (χ2v) is 17.9.